The van der Waals surface area contributed by atoms with Gasteiger partial charge in [0.2, 0.25) is 0 Å². The van der Waals surface area contributed by atoms with Crippen molar-refractivity contribution < 1.29 is 13.2 Å². The average molecular weight is 459 g/mol. The lowest BCUT2D eigenvalue weighted by Crippen LogP contribution is -2.28. The van der Waals surface area contributed by atoms with Crippen LogP contribution in [0.15, 0.2) is 88.2 Å². The molecule has 7 heteroatoms. The number of sulfonamides is 1. The third kappa shape index (κ3) is 4.79. The van der Waals surface area contributed by atoms with E-state index in [-0.39, 0.29) is 28.1 Å². The Labute approximate surface area is 173 Å². The molecular weight excluding hydrogens is 440 g/mol. The van der Waals surface area contributed by atoms with E-state index < -0.39 is 10.0 Å². The molecule has 0 fully saturated rings. The fraction of sp³-hybridized carbons (Fsp3) is 0.0952. The monoisotopic (exact) mass is 458 g/mol. The standard InChI is InChI=1S/C21H19BrN2O3S/c1-15(16-7-3-2-4-8-16)23-21(25)19-9-5-6-10-20(19)24-28(26,27)18-13-11-17(22)12-14-18/h2-15,24H,1H3,(H,23,25)/t15-/m1/s1. The summed E-state index contributed by atoms with van der Waals surface area (Å²) in [5, 5.41) is 2.91. The molecule has 0 spiro atoms. The molecule has 3 aromatic carbocycles. The molecule has 5 nitrogen and oxygen atoms in total. The Morgan fingerprint density at radius 3 is 2.18 bits per heavy atom. The van der Waals surface area contributed by atoms with Crippen molar-refractivity contribution >= 4 is 37.5 Å². The van der Waals surface area contributed by atoms with Crippen molar-refractivity contribution in [1.82, 2.24) is 5.32 Å². The highest BCUT2D eigenvalue weighted by Crippen LogP contribution is 2.22. The summed E-state index contributed by atoms with van der Waals surface area (Å²) in [5.41, 5.74) is 1.44. The number of amides is 1. The van der Waals surface area contributed by atoms with Gasteiger partial charge in [0.15, 0.2) is 0 Å². The number of rotatable bonds is 6. The summed E-state index contributed by atoms with van der Waals surface area (Å²) < 4.78 is 28.6. The Balaban J connectivity index is 1.83. The van der Waals surface area contributed by atoms with E-state index in [2.05, 4.69) is 26.0 Å². The first-order chi connectivity index (χ1) is 13.4. The number of benzene rings is 3. The van der Waals surface area contributed by atoms with Crippen molar-refractivity contribution in [1.29, 1.82) is 0 Å². The second-order valence-electron chi connectivity index (χ2n) is 6.21. The Hall–Kier alpha value is -2.64. The van der Waals surface area contributed by atoms with Crippen LogP contribution in [0.5, 0.6) is 0 Å². The SMILES string of the molecule is C[C@@H](NC(=O)c1ccccc1NS(=O)(=O)c1ccc(Br)cc1)c1ccccc1. The predicted molar refractivity (Wildman–Crippen MR) is 114 cm³/mol. The maximum Gasteiger partial charge on any atom is 0.261 e. The number of hydrogen-bond acceptors (Lipinski definition) is 3. The van der Waals surface area contributed by atoms with Crippen LogP contribution >= 0.6 is 15.9 Å². The van der Waals surface area contributed by atoms with Gasteiger partial charge in [-0.3, -0.25) is 9.52 Å². The third-order valence-electron chi connectivity index (χ3n) is 4.19. The Kier molecular flexibility index (Phi) is 6.16. The zero-order chi connectivity index (χ0) is 20.1. The highest BCUT2D eigenvalue weighted by atomic mass is 79.9. The minimum Gasteiger partial charge on any atom is -0.345 e. The third-order valence-corrected chi connectivity index (χ3v) is 6.10. The van der Waals surface area contributed by atoms with Crippen molar-refractivity contribution in [2.45, 2.75) is 17.9 Å². The van der Waals surface area contributed by atoms with Crippen LogP contribution in [0, 0.1) is 0 Å². The number of para-hydroxylation sites is 1. The lowest BCUT2D eigenvalue weighted by Gasteiger charge is -2.17. The summed E-state index contributed by atoms with van der Waals surface area (Å²) in [4.78, 5) is 12.9. The molecule has 28 heavy (non-hydrogen) atoms. The molecule has 0 unspecified atom stereocenters. The van der Waals surface area contributed by atoms with Crippen molar-refractivity contribution in [2.75, 3.05) is 4.72 Å². The van der Waals surface area contributed by atoms with E-state index in [4.69, 9.17) is 0 Å². The zero-order valence-corrected chi connectivity index (χ0v) is 17.5. The van der Waals surface area contributed by atoms with Crippen LogP contribution in [0.1, 0.15) is 28.9 Å². The number of anilines is 1. The van der Waals surface area contributed by atoms with Crippen molar-refractivity contribution in [3.05, 3.63) is 94.5 Å². The Morgan fingerprint density at radius 2 is 1.50 bits per heavy atom. The molecule has 2 N–H and O–H groups in total. The molecule has 0 radical (unpaired) electrons. The molecule has 0 aliphatic heterocycles. The van der Waals surface area contributed by atoms with Gasteiger partial charge in [-0.15, -0.1) is 0 Å². The molecule has 0 aromatic heterocycles. The van der Waals surface area contributed by atoms with Gasteiger partial charge in [0.1, 0.15) is 0 Å². The minimum absolute atomic E-state index is 0.114. The maximum absolute atomic E-state index is 12.8. The van der Waals surface area contributed by atoms with Crippen molar-refractivity contribution in [3.63, 3.8) is 0 Å². The largest absolute Gasteiger partial charge is 0.345 e. The first-order valence-corrected chi connectivity index (χ1v) is 10.9. The molecule has 0 bridgehead atoms. The van der Waals surface area contributed by atoms with E-state index in [1.165, 1.54) is 12.1 Å². The normalized spacial score (nSPS) is 12.2. The summed E-state index contributed by atoms with van der Waals surface area (Å²) >= 11 is 3.28. The number of halogens is 1. The van der Waals surface area contributed by atoms with E-state index in [1.54, 1.807) is 36.4 Å². The highest BCUT2D eigenvalue weighted by Gasteiger charge is 2.19. The maximum atomic E-state index is 12.8. The summed E-state index contributed by atoms with van der Waals surface area (Å²) in [6, 6.07) is 22.1. The van der Waals surface area contributed by atoms with E-state index in [0.717, 1.165) is 10.0 Å². The van der Waals surface area contributed by atoms with Gasteiger partial charge < -0.3 is 5.32 Å². The molecule has 0 saturated heterocycles. The molecule has 0 aliphatic carbocycles. The van der Waals surface area contributed by atoms with Gasteiger partial charge in [-0.25, -0.2) is 8.42 Å². The van der Waals surface area contributed by atoms with Gasteiger partial charge >= 0.3 is 0 Å². The highest BCUT2D eigenvalue weighted by molar-refractivity contribution is 9.10. The first-order valence-electron chi connectivity index (χ1n) is 8.60. The minimum atomic E-state index is -3.82. The number of nitrogens with one attached hydrogen (secondary N) is 2. The van der Waals surface area contributed by atoms with E-state index in [1.807, 2.05) is 37.3 Å². The van der Waals surface area contributed by atoms with Crippen molar-refractivity contribution in [3.8, 4) is 0 Å². The molecule has 3 rings (SSSR count). The van der Waals surface area contributed by atoms with Crippen LogP contribution in [0.25, 0.3) is 0 Å². The lowest BCUT2D eigenvalue weighted by molar-refractivity contribution is 0.0941. The molecule has 0 saturated carbocycles. The second kappa shape index (κ2) is 8.58. The molecular formula is C21H19BrN2O3S. The summed E-state index contributed by atoms with van der Waals surface area (Å²) in [5.74, 6) is -0.356. The fourth-order valence-corrected chi connectivity index (χ4v) is 4.03. The van der Waals surface area contributed by atoms with Crippen LogP contribution < -0.4 is 10.0 Å². The van der Waals surface area contributed by atoms with Gasteiger partial charge in [0.25, 0.3) is 15.9 Å². The number of carbonyl (C=O) groups is 1. The van der Waals surface area contributed by atoms with Gasteiger partial charge in [-0.2, -0.15) is 0 Å². The smallest absolute Gasteiger partial charge is 0.261 e. The van der Waals surface area contributed by atoms with Crippen LogP contribution in [0.4, 0.5) is 5.69 Å². The predicted octanol–water partition coefficient (Wildman–Crippen LogP) is 4.74. The number of carbonyl (C=O) groups excluding carboxylic acids is 1. The topological polar surface area (TPSA) is 75.3 Å². The molecule has 3 aromatic rings. The van der Waals surface area contributed by atoms with E-state index >= 15 is 0 Å². The lowest BCUT2D eigenvalue weighted by atomic mass is 10.1. The summed E-state index contributed by atoms with van der Waals surface area (Å²) in [6.07, 6.45) is 0. The van der Waals surface area contributed by atoms with Gasteiger partial charge in [0, 0.05) is 4.47 Å². The van der Waals surface area contributed by atoms with Crippen LogP contribution in [-0.4, -0.2) is 14.3 Å². The van der Waals surface area contributed by atoms with E-state index in [9.17, 15) is 13.2 Å². The fourth-order valence-electron chi connectivity index (χ4n) is 2.69. The molecule has 1 amide bonds. The Morgan fingerprint density at radius 1 is 0.893 bits per heavy atom. The van der Waals surface area contributed by atoms with Gasteiger partial charge in [-0.1, -0.05) is 58.4 Å². The number of hydrogen-bond donors (Lipinski definition) is 2. The van der Waals surface area contributed by atoms with Gasteiger partial charge in [-0.05, 0) is 48.9 Å². The summed E-state index contributed by atoms with van der Waals surface area (Å²) in [7, 11) is -3.82. The van der Waals surface area contributed by atoms with E-state index in [0.29, 0.717) is 0 Å². The zero-order valence-electron chi connectivity index (χ0n) is 15.1. The Bertz CT molecular complexity index is 1070. The van der Waals surface area contributed by atoms with Crippen molar-refractivity contribution in [2.24, 2.45) is 0 Å². The quantitative estimate of drug-likeness (QED) is 0.559. The first kappa shape index (κ1) is 20.1. The molecule has 0 aliphatic rings. The van der Waals surface area contributed by atoms with Crippen LogP contribution in [-0.2, 0) is 10.0 Å². The second-order valence-corrected chi connectivity index (χ2v) is 8.81. The van der Waals surface area contributed by atoms with Gasteiger partial charge in [0.05, 0.1) is 22.2 Å². The van der Waals surface area contributed by atoms with Crippen LogP contribution in [0.2, 0.25) is 0 Å². The molecule has 0 heterocycles. The van der Waals surface area contributed by atoms with Crippen LogP contribution in [0.3, 0.4) is 0 Å². The summed E-state index contributed by atoms with van der Waals surface area (Å²) in [6.45, 7) is 1.88. The molecule has 144 valence electrons. The average Bonchev–Trinajstić information content (AvgIpc) is 2.69. The molecule has 1 atom stereocenters.